The fraction of sp³-hybridized carbons (Fsp3) is 0.417. The Bertz CT molecular complexity index is 381. The van der Waals surface area contributed by atoms with Crippen molar-refractivity contribution in [3.05, 3.63) is 33.8 Å². The van der Waals surface area contributed by atoms with E-state index in [4.69, 9.17) is 11.6 Å². The lowest BCUT2D eigenvalue weighted by Gasteiger charge is -2.11. The molecule has 0 bridgehead atoms. The predicted octanol–water partition coefficient (Wildman–Crippen LogP) is 3.36. The number of carbonyl (C=O) groups is 1. The van der Waals surface area contributed by atoms with Gasteiger partial charge in [0.25, 0.3) is 5.91 Å². The van der Waals surface area contributed by atoms with E-state index in [1.54, 1.807) is 0 Å². The highest BCUT2D eigenvalue weighted by molar-refractivity contribution is 9.10. The first-order valence-corrected chi connectivity index (χ1v) is 6.47. The topological polar surface area (TPSA) is 29.1 Å². The number of aryl methyl sites for hydroxylation is 1. The minimum Gasteiger partial charge on any atom is -0.352 e. The van der Waals surface area contributed by atoms with Crippen LogP contribution in [0.2, 0.25) is 0 Å². The molecule has 0 aromatic heterocycles. The second-order valence-corrected chi connectivity index (χ2v) is 5.15. The number of halogens is 2. The first-order valence-electron chi connectivity index (χ1n) is 5.15. The van der Waals surface area contributed by atoms with Gasteiger partial charge in [-0.2, -0.15) is 0 Å². The Kier molecular flexibility index (Phi) is 5.29. The van der Waals surface area contributed by atoms with Gasteiger partial charge in [-0.1, -0.05) is 28.9 Å². The van der Waals surface area contributed by atoms with Crippen molar-refractivity contribution in [3.8, 4) is 0 Å². The normalized spacial score (nSPS) is 12.2. The average molecular weight is 305 g/mol. The van der Waals surface area contributed by atoms with Crippen LogP contribution in [-0.4, -0.2) is 18.3 Å². The van der Waals surface area contributed by atoms with Gasteiger partial charge in [-0.25, -0.2) is 0 Å². The molecule has 0 aliphatic rings. The van der Waals surface area contributed by atoms with Gasteiger partial charge in [-0.05, 0) is 30.5 Å². The number of alkyl halides is 1. The number of hydrogen-bond acceptors (Lipinski definition) is 1. The monoisotopic (exact) mass is 303 g/mol. The summed E-state index contributed by atoms with van der Waals surface area (Å²) in [4.78, 5) is 11.9. The van der Waals surface area contributed by atoms with Crippen LogP contribution in [0.1, 0.15) is 22.8 Å². The summed E-state index contributed by atoms with van der Waals surface area (Å²) < 4.78 is 0.911. The van der Waals surface area contributed by atoms with Crippen molar-refractivity contribution >= 4 is 33.4 Å². The molecule has 0 radical (unpaired) electrons. The molecule has 1 rings (SSSR count). The van der Waals surface area contributed by atoms with E-state index in [-0.39, 0.29) is 11.8 Å². The van der Waals surface area contributed by atoms with E-state index in [1.165, 1.54) is 0 Å². The van der Waals surface area contributed by atoms with E-state index in [0.29, 0.717) is 18.0 Å². The van der Waals surface area contributed by atoms with Crippen LogP contribution in [0, 0.1) is 12.8 Å². The first kappa shape index (κ1) is 13.5. The van der Waals surface area contributed by atoms with E-state index < -0.39 is 0 Å². The SMILES string of the molecule is Cc1ccc(Br)cc1C(=O)NCC(C)CCl. The molecule has 0 fully saturated rings. The van der Waals surface area contributed by atoms with E-state index >= 15 is 0 Å². The molecule has 0 aliphatic heterocycles. The zero-order chi connectivity index (χ0) is 12.1. The summed E-state index contributed by atoms with van der Waals surface area (Å²) in [5.41, 5.74) is 1.68. The Morgan fingerprint density at radius 3 is 2.88 bits per heavy atom. The minimum absolute atomic E-state index is 0.0456. The average Bonchev–Trinajstić information content (AvgIpc) is 2.28. The molecular formula is C12H15BrClNO. The number of nitrogens with one attached hydrogen (secondary N) is 1. The van der Waals surface area contributed by atoms with Crippen molar-refractivity contribution in [2.45, 2.75) is 13.8 Å². The summed E-state index contributed by atoms with van der Waals surface area (Å²) in [6.07, 6.45) is 0. The van der Waals surface area contributed by atoms with E-state index in [9.17, 15) is 4.79 Å². The van der Waals surface area contributed by atoms with Crippen LogP contribution in [0.5, 0.6) is 0 Å². The van der Waals surface area contributed by atoms with Gasteiger partial charge in [-0.3, -0.25) is 4.79 Å². The van der Waals surface area contributed by atoms with Crippen LogP contribution in [-0.2, 0) is 0 Å². The van der Waals surface area contributed by atoms with E-state index in [1.807, 2.05) is 32.0 Å². The van der Waals surface area contributed by atoms with Crippen molar-refractivity contribution < 1.29 is 4.79 Å². The highest BCUT2D eigenvalue weighted by Gasteiger charge is 2.10. The molecule has 1 amide bonds. The Hall–Kier alpha value is -0.540. The molecule has 0 saturated carbocycles. The largest absolute Gasteiger partial charge is 0.352 e. The highest BCUT2D eigenvalue weighted by Crippen LogP contribution is 2.15. The molecule has 1 atom stereocenters. The van der Waals surface area contributed by atoms with Crippen LogP contribution < -0.4 is 5.32 Å². The van der Waals surface area contributed by atoms with E-state index in [0.717, 1.165) is 10.0 Å². The van der Waals surface area contributed by atoms with Crippen LogP contribution in [0.4, 0.5) is 0 Å². The van der Waals surface area contributed by atoms with Crippen molar-refractivity contribution in [3.63, 3.8) is 0 Å². The molecule has 88 valence electrons. The fourth-order valence-corrected chi connectivity index (χ4v) is 1.73. The van der Waals surface area contributed by atoms with Crippen LogP contribution in [0.25, 0.3) is 0 Å². The Labute approximate surface area is 110 Å². The standard InChI is InChI=1S/C12H15BrClNO/c1-8(6-14)7-15-12(16)11-5-10(13)4-3-9(11)2/h3-5,8H,6-7H2,1-2H3,(H,15,16). The van der Waals surface area contributed by atoms with Crippen molar-refractivity contribution in [1.29, 1.82) is 0 Å². The molecular weight excluding hydrogens is 289 g/mol. The molecule has 0 heterocycles. The van der Waals surface area contributed by atoms with Crippen molar-refractivity contribution in [2.75, 3.05) is 12.4 Å². The summed E-state index contributed by atoms with van der Waals surface area (Å²) in [5, 5.41) is 2.87. The zero-order valence-electron chi connectivity index (χ0n) is 9.39. The third-order valence-corrected chi connectivity index (χ3v) is 3.34. The van der Waals surface area contributed by atoms with Gasteiger partial charge >= 0.3 is 0 Å². The molecule has 4 heteroatoms. The van der Waals surface area contributed by atoms with Crippen molar-refractivity contribution in [1.82, 2.24) is 5.32 Å². The molecule has 2 nitrogen and oxygen atoms in total. The van der Waals surface area contributed by atoms with Gasteiger partial charge in [0.1, 0.15) is 0 Å². The molecule has 0 saturated heterocycles. The molecule has 0 aliphatic carbocycles. The summed E-state index contributed by atoms with van der Waals surface area (Å²) in [6.45, 7) is 4.53. The molecule has 1 unspecified atom stereocenters. The Balaban J connectivity index is 2.69. The molecule has 1 aromatic rings. The Morgan fingerprint density at radius 2 is 2.25 bits per heavy atom. The first-order chi connectivity index (χ1) is 7.54. The smallest absolute Gasteiger partial charge is 0.251 e. The van der Waals surface area contributed by atoms with Crippen LogP contribution >= 0.6 is 27.5 Å². The van der Waals surface area contributed by atoms with Gasteiger partial charge in [-0.15, -0.1) is 11.6 Å². The lowest BCUT2D eigenvalue weighted by Crippen LogP contribution is -2.29. The lowest BCUT2D eigenvalue weighted by atomic mass is 10.1. The van der Waals surface area contributed by atoms with E-state index in [2.05, 4.69) is 21.2 Å². The summed E-state index contributed by atoms with van der Waals surface area (Å²) in [6, 6.07) is 5.67. The zero-order valence-corrected chi connectivity index (χ0v) is 11.7. The minimum atomic E-state index is -0.0456. The van der Waals surface area contributed by atoms with Crippen LogP contribution in [0.15, 0.2) is 22.7 Å². The maximum Gasteiger partial charge on any atom is 0.251 e. The summed E-state index contributed by atoms with van der Waals surface area (Å²) >= 11 is 9.04. The number of hydrogen-bond donors (Lipinski definition) is 1. The van der Waals surface area contributed by atoms with Gasteiger partial charge < -0.3 is 5.32 Å². The quantitative estimate of drug-likeness (QED) is 0.849. The number of benzene rings is 1. The molecule has 16 heavy (non-hydrogen) atoms. The maximum absolute atomic E-state index is 11.9. The second-order valence-electron chi connectivity index (χ2n) is 3.93. The van der Waals surface area contributed by atoms with Crippen LogP contribution in [0.3, 0.4) is 0 Å². The number of carbonyl (C=O) groups excluding carboxylic acids is 1. The fourth-order valence-electron chi connectivity index (χ4n) is 1.26. The van der Waals surface area contributed by atoms with Gasteiger partial charge in [0, 0.05) is 22.5 Å². The molecule has 0 spiro atoms. The summed E-state index contributed by atoms with van der Waals surface area (Å²) in [5.74, 6) is 0.798. The van der Waals surface area contributed by atoms with Crippen molar-refractivity contribution in [2.24, 2.45) is 5.92 Å². The highest BCUT2D eigenvalue weighted by atomic mass is 79.9. The third-order valence-electron chi connectivity index (χ3n) is 2.32. The van der Waals surface area contributed by atoms with Gasteiger partial charge in [0.15, 0.2) is 0 Å². The predicted molar refractivity (Wildman–Crippen MR) is 71.1 cm³/mol. The Morgan fingerprint density at radius 1 is 1.56 bits per heavy atom. The molecule has 1 aromatic carbocycles. The number of rotatable bonds is 4. The van der Waals surface area contributed by atoms with Gasteiger partial charge in [0.05, 0.1) is 0 Å². The lowest BCUT2D eigenvalue weighted by molar-refractivity contribution is 0.0948. The molecule has 1 N–H and O–H groups in total. The van der Waals surface area contributed by atoms with Gasteiger partial charge in [0.2, 0.25) is 0 Å². The summed E-state index contributed by atoms with van der Waals surface area (Å²) in [7, 11) is 0. The maximum atomic E-state index is 11.9. The third kappa shape index (κ3) is 3.80. The second kappa shape index (κ2) is 6.26. The number of amides is 1.